The Morgan fingerprint density at radius 2 is 1.89 bits per heavy atom. The van der Waals surface area contributed by atoms with Crippen LogP contribution in [0, 0.1) is 12.8 Å². The summed E-state index contributed by atoms with van der Waals surface area (Å²) in [7, 11) is -0.686. The van der Waals surface area contributed by atoms with Crippen LogP contribution in [0.1, 0.15) is 48.0 Å². The van der Waals surface area contributed by atoms with Crippen LogP contribution >= 0.6 is 0 Å². The van der Waals surface area contributed by atoms with E-state index >= 15 is 0 Å². The number of aryl methyl sites for hydroxylation is 1. The monoisotopic (exact) mass is 276 g/mol. The van der Waals surface area contributed by atoms with Crippen molar-refractivity contribution < 1.29 is 9.00 Å². The summed E-state index contributed by atoms with van der Waals surface area (Å²) in [6, 6.07) is 7.85. The van der Waals surface area contributed by atoms with Crippen molar-refractivity contribution in [2.75, 3.05) is 0 Å². The van der Waals surface area contributed by atoms with E-state index < -0.39 is 10.8 Å². The number of carbonyl (C=O) groups excluding carboxylic acids is 1. The Labute approximate surface area is 117 Å². The summed E-state index contributed by atoms with van der Waals surface area (Å²) < 4.78 is 12.2. The van der Waals surface area contributed by atoms with Crippen LogP contribution < -0.4 is 0 Å². The van der Waals surface area contributed by atoms with Gasteiger partial charge >= 0.3 is 0 Å². The first-order chi connectivity index (χ1) is 9.15. The van der Waals surface area contributed by atoms with Gasteiger partial charge in [-0.15, -0.1) is 0 Å². The smallest absolute Gasteiger partial charge is 0.166 e. The normalized spacial score (nSPS) is 33.9. The standard InChI is InChI=1S/C16H20O2S/c1-11-4-2-5-12(8-11)16(17)13-9-14-6-3-7-15(10-13)19(14)18/h2,4-5,8,13-15H,3,6-7,9-10H2,1H3. The van der Waals surface area contributed by atoms with Crippen molar-refractivity contribution in [1.82, 2.24) is 0 Å². The van der Waals surface area contributed by atoms with Crippen molar-refractivity contribution in [3.8, 4) is 0 Å². The number of fused-ring (bicyclic) bond motifs is 2. The molecule has 2 aliphatic rings. The molecule has 2 aliphatic heterocycles. The molecule has 2 nitrogen and oxygen atoms in total. The minimum atomic E-state index is -0.686. The van der Waals surface area contributed by atoms with E-state index in [9.17, 15) is 9.00 Å². The molecule has 2 bridgehead atoms. The van der Waals surface area contributed by atoms with Crippen molar-refractivity contribution >= 4 is 16.6 Å². The van der Waals surface area contributed by atoms with Gasteiger partial charge in [0, 0.05) is 32.8 Å². The van der Waals surface area contributed by atoms with Crippen molar-refractivity contribution in [2.45, 2.75) is 49.5 Å². The van der Waals surface area contributed by atoms with E-state index in [1.165, 1.54) is 6.42 Å². The zero-order valence-electron chi connectivity index (χ0n) is 11.3. The van der Waals surface area contributed by atoms with E-state index in [1.54, 1.807) is 0 Å². The highest BCUT2D eigenvalue weighted by atomic mass is 32.2. The van der Waals surface area contributed by atoms with Crippen molar-refractivity contribution in [3.63, 3.8) is 0 Å². The van der Waals surface area contributed by atoms with Crippen LogP contribution in [0.2, 0.25) is 0 Å². The van der Waals surface area contributed by atoms with Gasteiger partial charge in [-0.2, -0.15) is 0 Å². The predicted octanol–water partition coefficient (Wildman–Crippen LogP) is 3.26. The SMILES string of the molecule is Cc1cccc(C(=O)C2CC3CCCC(C2)S3=O)c1. The van der Waals surface area contributed by atoms with Crippen LogP contribution in [0.25, 0.3) is 0 Å². The molecule has 102 valence electrons. The van der Waals surface area contributed by atoms with Gasteiger partial charge in [0.1, 0.15) is 0 Å². The average molecular weight is 276 g/mol. The summed E-state index contributed by atoms with van der Waals surface area (Å²) in [6.45, 7) is 2.02. The van der Waals surface area contributed by atoms with Crippen LogP contribution in [-0.4, -0.2) is 20.5 Å². The van der Waals surface area contributed by atoms with Crippen LogP contribution in [0.4, 0.5) is 0 Å². The Morgan fingerprint density at radius 3 is 2.53 bits per heavy atom. The van der Waals surface area contributed by atoms with Gasteiger partial charge in [-0.25, -0.2) is 0 Å². The molecule has 2 heterocycles. The Hall–Kier alpha value is -0.960. The first kappa shape index (κ1) is 13.0. The second-order valence-corrected chi connectivity index (χ2v) is 7.90. The summed E-state index contributed by atoms with van der Waals surface area (Å²) in [6.07, 6.45) is 4.93. The molecule has 2 saturated heterocycles. The Morgan fingerprint density at radius 1 is 1.21 bits per heavy atom. The first-order valence-electron chi connectivity index (χ1n) is 7.15. The van der Waals surface area contributed by atoms with Gasteiger partial charge in [0.2, 0.25) is 0 Å². The summed E-state index contributed by atoms with van der Waals surface area (Å²) >= 11 is 0. The summed E-state index contributed by atoms with van der Waals surface area (Å²) in [5.74, 6) is 0.354. The van der Waals surface area contributed by atoms with Gasteiger partial charge in [-0.1, -0.05) is 30.2 Å². The van der Waals surface area contributed by atoms with Crippen molar-refractivity contribution in [2.24, 2.45) is 5.92 Å². The maximum absolute atomic E-state index is 12.6. The maximum Gasteiger partial charge on any atom is 0.166 e. The number of Topliss-reactive ketones (excluding diaryl/α,β-unsaturated/α-hetero) is 1. The van der Waals surface area contributed by atoms with E-state index in [4.69, 9.17) is 0 Å². The molecule has 0 radical (unpaired) electrons. The predicted molar refractivity (Wildman–Crippen MR) is 77.8 cm³/mol. The van der Waals surface area contributed by atoms with Crippen molar-refractivity contribution in [3.05, 3.63) is 35.4 Å². The third kappa shape index (κ3) is 2.53. The quantitative estimate of drug-likeness (QED) is 0.777. The summed E-state index contributed by atoms with van der Waals surface area (Å²) in [5, 5.41) is 0.539. The molecule has 3 rings (SSSR count). The van der Waals surface area contributed by atoms with Gasteiger partial charge in [-0.3, -0.25) is 9.00 Å². The summed E-state index contributed by atoms with van der Waals surface area (Å²) in [4.78, 5) is 12.6. The molecule has 2 fully saturated rings. The number of rotatable bonds is 2. The van der Waals surface area contributed by atoms with E-state index in [0.717, 1.165) is 36.8 Å². The van der Waals surface area contributed by atoms with Gasteiger partial charge in [0.25, 0.3) is 0 Å². The first-order valence-corrected chi connectivity index (χ1v) is 8.43. The highest BCUT2D eigenvalue weighted by Crippen LogP contribution is 2.38. The molecule has 0 saturated carbocycles. The molecular formula is C16H20O2S. The highest BCUT2D eigenvalue weighted by molar-refractivity contribution is 7.86. The topological polar surface area (TPSA) is 34.1 Å². The second kappa shape index (κ2) is 5.20. The molecule has 1 aromatic carbocycles. The van der Waals surface area contributed by atoms with Crippen molar-refractivity contribution in [1.29, 1.82) is 0 Å². The minimum Gasteiger partial charge on any atom is -0.294 e. The molecule has 2 unspecified atom stereocenters. The van der Waals surface area contributed by atoms with Gasteiger partial charge in [0.05, 0.1) is 0 Å². The zero-order chi connectivity index (χ0) is 13.4. The average Bonchev–Trinajstić information content (AvgIpc) is 2.37. The fraction of sp³-hybridized carbons (Fsp3) is 0.562. The Balaban J connectivity index is 1.80. The summed E-state index contributed by atoms with van der Waals surface area (Å²) in [5.41, 5.74) is 1.96. The minimum absolute atomic E-state index is 0.0924. The van der Waals surface area contributed by atoms with Gasteiger partial charge in [0.15, 0.2) is 5.78 Å². The lowest BCUT2D eigenvalue weighted by Crippen LogP contribution is -2.41. The molecule has 1 aromatic rings. The molecular weight excluding hydrogens is 256 g/mol. The largest absolute Gasteiger partial charge is 0.294 e. The maximum atomic E-state index is 12.6. The molecule has 19 heavy (non-hydrogen) atoms. The number of carbonyl (C=O) groups is 1. The van der Waals surface area contributed by atoms with E-state index in [2.05, 4.69) is 0 Å². The molecule has 0 aromatic heterocycles. The number of hydrogen-bond acceptors (Lipinski definition) is 2. The van der Waals surface area contributed by atoms with E-state index in [1.807, 2.05) is 31.2 Å². The molecule has 0 aliphatic carbocycles. The molecule has 0 N–H and O–H groups in total. The lowest BCUT2D eigenvalue weighted by molar-refractivity contribution is 0.0895. The lowest BCUT2D eigenvalue weighted by atomic mass is 9.84. The number of ketones is 1. The number of benzene rings is 1. The van der Waals surface area contributed by atoms with E-state index in [-0.39, 0.29) is 22.2 Å². The second-order valence-electron chi connectivity index (χ2n) is 5.91. The van der Waals surface area contributed by atoms with Gasteiger partial charge < -0.3 is 0 Å². The lowest BCUT2D eigenvalue weighted by Gasteiger charge is -2.37. The fourth-order valence-electron chi connectivity index (χ4n) is 3.48. The van der Waals surface area contributed by atoms with Gasteiger partial charge in [-0.05, 0) is 38.7 Å². The molecule has 2 atom stereocenters. The third-order valence-corrected chi connectivity index (χ3v) is 6.65. The van der Waals surface area contributed by atoms with Crippen LogP contribution in [0.3, 0.4) is 0 Å². The highest BCUT2D eigenvalue weighted by Gasteiger charge is 2.40. The Kier molecular flexibility index (Phi) is 3.57. The molecule has 0 amide bonds. The fourth-order valence-corrected chi connectivity index (χ4v) is 5.67. The van der Waals surface area contributed by atoms with Crippen LogP contribution in [0.15, 0.2) is 24.3 Å². The molecule has 3 heteroatoms. The molecule has 0 spiro atoms. The van der Waals surface area contributed by atoms with Crippen LogP contribution in [0.5, 0.6) is 0 Å². The number of hydrogen-bond donors (Lipinski definition) is 0. The zero-order valence-corrected chi connectivity index (χ0v) is 12.1. The van der Waals surface area contributed by atoms with E-state index in [0.29, 0.717) is 0 Å². The van der Waals surface area contributed by atoms with Crippen LogP contribution in [-0.2, 0) is 10.8 Å². The Bertz CT molecular complexity index is 507. The third-order valence-electron chi connectivity index (χ3n) is 4.48.